The van der Waals surface area contributed by atoms with Crippen LogP contribution in [0.2, 0.25) is 0 Å². The lowest BCUT2D eigenvalue weighted by atomic mass is 10.2. The Balaban J connectivity index is 2.31. The molecule has 0 aromatic heterocycles. The normalized spacial score (nSPS) is 11.2. The van der Waals surface area contributed by atoms with Crippen LogP contribution in [-0.4, -0.2) is 12.0 Å². The zero-order valence-corrected chi connectivity index (χ0v) is 13.7. The largest absolute Gasteiger partial charge is 0.490 e. The van der Waals surface area contributed by atoms with Crippen molar-refractivity contribution in [2.45, 2.75) is 6.18 Å². The fraction of sp³-hybridized carbons (Fsp3) is 0.143. The van der Waals surface area contributed by atoms with E-state index in [4.69, 9.17) is 9.47 Å². The number of ether oxygens (including phenoxy) is 2. The summed E-state index contributed by atoms with van der Waals surface area (Å²) in [6.07, 6.45) is -4.44. The molecule has 23 heavy (non-hydrogen) atoms. The second-order valence-electron chi connectivity index (χ2n) is 4.34. The molecule has 0 aliphatic carbocycles. The van der Waals surface area contributed by atoms with Crippen LogP contribution in [0.1, 0.15) is 5.56 Å². The Labute approximate surface area is 142 Å². The smallest absolute Gasteiger partial charge is 0.416 e. The molecule has 0 saturated carbocycles. The molecule has 0 aliphatic heterocycles. The van der Waals surface area contributed by atoms with Crippen LogP contribution in [0.4, 0.5) is 18.9 Å². The van der Waals surface area contributed by atoms with Crippen LogP contribution < -0.4 is 9.47 Å². The van der Waals surface area contributed by atoms with Crippen LogP contribution in [0.5, 0.6) is 17.2 Å². The lowest BCUT2D eigenvalue weighted by Gasteiger charge is -2.12. The maximum atomic E-state index is 12.6. The van der Waals surface area contributed by atoms with E-state index in [2.05, 4.69) is 0 Å². The summed E-state index contributed by atoms with van der Waals surface area (Å²) in [6, 6.07) is 6.89. The van der Waals surface area contributed by atoms with Gasteiger partial charge in [-0.25, -0.2) is 0 Å². The van der Waals surface area contributed by atoms with Crippen LogP contribution in [0, 0.1) is 13.7 Å². The molecule has 2 aromatic rings. The van der Waals surface area contributed by atoms with Gasteiger partial charge in [0.25, 0.3) is 0 Å². The molecule has 0 amide bonds. The molecule has 0 N–H and O–H groups in total. The van der Waals surface area contributed by atoms with E-state index in [0.717, 1.165) is 12.1 Å². The predicted molar refractivity (Wildman–Crippen MR) is 83.9 cm³/mol. The van der Waals surface area contributed by atoms with Crippen molar-refractivity contribution in [3.8, 4) is 17.2 Å². The van der Waals surface area contributed by atoms with Crippen LogP contribution >= 0.6 is 22.6 Å². The van der Waals surface area contributed by atoms with E-state index in [1.54, 1.807) is 22.6 Å². The molecule has 0 heterocycles. The third kappa shape index (κ3) is 4.03. The van der Waals surface area contributed by atoms with E-state index in [1.165, 1.54) is 31.4 Å². The van der Waals surface area contributed by atoms with Crippen LogP contribution in [0.15, 0.2) is 36.4 Å². The number of halogens is 4. The minimum absolute atomic E-state index is 0.00517. The summed E-state index contributed by atoms with van der Waals surface area (Å²) in [4.78, 5) is 10.2. The molecule has 5 nitrogen and oxygen atoms in total. The summed E-state index contributed by atoms with van der Waals surface area (Å²) in [5, 5.41) is 10.8. The van der Waals surface area contributed by atoms with Crippen molar-refractivity contribution in [2.24, 2.45) is 0 Å². The Kier molecular flexibility index (Phi) is 4.97. The van der Waals surface area contributed by atoms with Crippen LogP contribution in [0.3, 0.4) is 0 Å². The van der Waals surface area contributed by atoms with Crippen molar-refractivity contribution >= 4 is 28.3 Å². The van der Waals surface area contributed by atoms with Gasteiger partial charge in [-0.05, 0) is 46.9 Å². The lowest BCUT2D eigenvalue weighted by molar-refractivity contribution is -0.385. The highest BCUT2D eigenvalue weighted by Gasteiger charge is 2.31. The van der Waals surface area contributed by atoms with Crippen molar-refractivity contribution in [1.82, 2.24) is 0 Å². The zero-order chi connectivity index (χ0) is 17.2. The molecule has 0 aliphatic rings. The first-order chi connectivity index (χ1) is 10.7. The van der Waals surface area contributed by atoms with E-state index >= 15 is 0 Å². The molecular weight excluding hydrogens is 430 g/mol. The Morgan fingerprint density at radius 1 is 1.13 bits per heavy atom. The van der Waals surface area contributed by atoms with Crippen molar-refractivity contribution in [3.05, 3.63) is 55.6 Å². The van der Waals surface area contributed by atoms with Crippen molar-refractivity contribution < 1.29 is 27.6 Å². The highest BCUT2D eigenvalue weighted by molar-refractivity contribution is 14.1. The molecule has 0 spiro atoms. The van der Waals surface area contributed by atoms with Crippen LogP contribution in [-0.2, 0) is 6.18 Å². The van der Waals surface area contributed by atoms with Gasteiger partial charge >= 0.3 is 11.9 Å². The van der Waals surface area contributed by atoms with Gasteiger partial charge in [-0.2, -0.15) is 13.2 Å². The maximum Gasteiger partial charge on any atom is 0.416 e. The van der Waals surface area contributed by atoms with Gasteiger partial charge in [-0.15, -0.1) is 0 Å². The van der Waals surface area contributed by atoms with Gasteiger partial charge < -0.3 is 9.47 Å². The lowest BCUT2D eigenvalue weighted by Crippen LogP contribution is -2.05. The van der Waals surface area contributed by atoms with Gasteiger partial charge in [0.05, 0.1) is 21.2 Å². The third-order valence-electron chi connectivity index (χ3n) is 2.83. The number of alkyl halides is 3. The SMILES string of the molecule is COc1cc(Oc2ccc(C(F)(F)F)cc2I)ccc1[N+](=O)[O-]. The van der Waals surface area contributed by atoms with E-state index in [-0.39, 0.29) is 26.5 Å². The molecular formula is C14H9F3INO4. The number of nitrogens with zero attached hydrogens (tertiary/aromatic N) is 1. The Morgan fingerprint density at radius 2 is 1.83 bits per heavy atom. The number of methoxy groups -OCH3 is 1. The first-order valence-corrected chi connectivity index (χ1v) is 7.17. The number of hydrogen-bond donors (Lipinski definition) is 0. The number of nitro groups is 1. The van der Waals surface area contributed by atoms with Gasteiger partial charge in [0, 0.05) is 12.1 Å². The number of hydrogen-bond acceptors (Lipinski definition) is 4. The second-order valence-corrected chi connectivity index (χ2v) is 5.50. The summed E-state index contributed by atoms with van der Waals surface area (Å²) in [6.45, 7) is 0. The number of rotatable bonds is 4. The standard InChI is InChI=1S/C14H9F3INO4/c1-22-13-7-9(3-4-11(13)19(20)21)23-12-5-2-8(6-10(12)18)14(15,16)17/h2-7H,1H3. The third-order valence-corrected chi connectivity index (χ3v) is 3.68. The molecule has 122 valence electrons. The topological polar surface area (TPSA) is 61.6 Å². The highest BCUT2D eigenvalue weighted by atomic mass is 127. The highest BCUT2D eigenvalue weighted by Crippen LogP contribution is 2.37. The molecule has 0 saturated heterocycles. The summed E-state index contributed by atoms with van der Waals surface area (Å²) in [7, 11) is 1.27. The summed E-state index contributed by atoms with van der Waals surface area (Å²) >= 11 is 1.72. The molecule has 0 bridgehead atoms. The quantitative estimate of drug-likeness (QED) is 0.382. The van der Waals surface area contributed by atoms with Crippen molar-refractivity contribution in [3.63, 3.8) is 0 Å². The van der Waals surface area contributed by atoms with Gasteiger partial charge in [-0.3, -0.25) is 10.1 Å². The first-order valence-electron chi connectivity index (χ1n) is 6.09. The van der Waals surface area contributed by atoms with E-state index < -0.39 is 16.7 Å². The average Bonchev–Trinajstić information content (AvgIpc) is 2.47. The van der Waals surface area contributed by atoms with Gasteiger partial charge in [0.1, 0.15) is 11.5 Å². The monoisotopic (exact) mass is 439 g/mol. The van der Waals surface area contributed by atoms with E-state index in [1.807, 2.05) is 0 Å². The van der Waals surface area contributed by atoms with Crippen LogP contribution in [0.25, 0.3) is 0 Å². The fourth-order valence-electron chi connectivity index (χ4n) is 1.76. The van der Waals surface area contributed by atoms with Gasteiger partial charge in [-0.1, -0.05) is 0 Å². The molecule has 0 radical (unpaired) electrons. The minimum Gasteiger partial charge on any atom is -0.490 e. The van der Waals surface area contributed by atoms with E-state index in [9.17, 15) is 23.3 Å². The molecule has 0 unspecified atom stereocenters. The first kappa shape index (κ1) is 17.3. The summed E-state index contributed by atoms with van der Waals surface area (Å²) < 4.78 is 48.5. The Bertz CT molecular complexity index is 749. The molecule has 9 heteroatoms. The minimum atomic E-state index is -4.44. The fourth-order valence-corrected chi connectivity index (χ4v) is 2.38. The maximum absolute atomic E-state index is 12.6. The molecule has 2 aromatic carbocycles. The number of benzene rings is 2. The molecule has 0 atom stereocenters. The van der Waals surface area contributed by atoms with Gasteiger partial charge in [0.15, 0.2) is 0 Å². The number of nitro benzene ring substituents is 1. The van der Waals surface area contributed by atoms with Gasteiger partial charge in [0.2, 0.25) is 5.75 Å². The second kappa shape index (κ2) is 6.60. The Hall–Kier alpha value is -2.04. The summed E-state index contributed by atoms with van der Waals surface area (Å²) in [5.74, 6) is 0.411. The molecule has 0 fully saturated rings. The van der Waals surface area contributed by atoms with Crippen molar-refractivity contribution in [2.75, 3.05) is 7.11 Å². The zero-order valence-electron chi connectivity index (χ0n) is 11.6. The van der Waals surface area contributed by atoms with E-state index in [0.29, 0.717) is 0 Å². The predicted octanol–water partition coefficient (Wildman–Crippen LogP) is 5.02. The molecule has 2 rings (SSSR count). The average molecular weight is 439 g/mol. The summed E-state index contributed by atoms with van der Waals surface area (Å²) in [5.41, 5.74) is -1.02. The Morgan fingerprint density at radius 3 is 2.35 bits per heavy atom. The van der Waals surface area contributed by atoms with Crippen molar-refractivity contribution in [1.29, 1.82) is 0 Å².